The number of ether oxygens (including phenoxy) is 2. The largest absolute Gasteiger partial charge is 0.481 e. The Kier molecular flexibility index (Phi) is 5.38. The summed E-state index contributed by atoms with van der Waals surface area (Å²) in [6, 6.07) is 7.74. The monoisotopic (exact) mass is 278 g/mol. The predicted octanol–water partition coefficient (Wildman–Crippen LogP) is 0.814. The van der Waals surface area contributed by atoms with Gasteiger partial charge in [-0.3, -0.25) is 4.79 Å². The lowest BCUT2D eigenvalue weighted by Gasteiger charge is -2.29. The van der Waals surface area contributed by atoms with Crippen LogP contribution in [0.1, 0.15) is 12.5 Å². The molecule has 1 aromatic carbocycles. The van der Waals surface area contributed by atoms with Gasteiger partial charge in [-0.1, -0.05) is 12.1 Å². The van der Waals surface area contributed by atoms with Gasteiger partial charge in [-0.15, -0.1) is 0 Å². The minimum atomic E-state index is -0.485. The number of carbonyl (C=O) groups is 1. The molecule has 20 heavy (non-hydrogen) atoms. The maximum atomic E-state index is 12.2. The summed E-state index contributed by atoms with van der Waals surface area (Å²) >= 11 is 0. The Bertz CT molecular complexity index is 444. The van der Waals surface area contributed by atoms with Gasteiger partial charge in [0.2, 0.25) is 0 Å². The van der Waals surface area contributed by atoms with Crippen LogP contribution in [0.15, 0.2) is 24.3 Å². The molecule has 5 nitrogen and oxygen atoms in total. The Hall–Kier alpha value is -1.59. The highest BCUT2D eigenvalue weighted by Crippen LogP contribution is 2.16. The SMILES string of the molecule is CC(Oc1cccc(CCN)c1)C(=O)N1CCOCC1. The Morgan fingerprint density at radius 3 is 2.90 bits per heavy atom. The van der Waals surface area contributed by atoms with Crippen LogP contribution in [0, 0.1) is 0 Å². The summed E-state index contributed by atoms with van der Waals surface area (Å²) < 4.78 is 11.0. The molecule has 1 saturated heterocycles. The number of morpholine rings is 1. The number of benzene rings is 1. The molecular formula is C15H22N2O3. The second-order valence-electron chi connectivity index (χ2n) is 4.88. The molecule has 1 aliphatic heterocycles. The fourth-order valence-corrected chi connectivity index (χ4v) is 2.24. The smallest absolute Gasteiger partial charge is 0.263 e. The van der Waals surface area contributed by atoms with Gasteiger partial charge in [0.25, 0.3) is 5.91 Å². The highest BCUT2D eigenvalue weighted by Gasteiger charge is 2.23. The molecule has 1 aromatic rings. The second kappa shape index (κ2) is 7.26. The average Bonchev–Trinajstić information content (AvgIpc) is 2.48. The van der Waals surface area contributed by atoms with Crippen LogP contribution in [0.3, 0.4) is 0 Å². The first-order valence-electron chi connectivity index (χ1n) is 7.03. The first kappa shape index (κ1) is 14.8. The molecule has 0 radical (unpaired) electrons. The molecular weight excluding hydrogens is 256 g/mol. The van der Waals surface area contributed by atoms with Gasteiger partial charge in [-0.05, 0) is 37.6 Å². The van der Waals surface area contributed by atoms with Crippen molar-refractivity contribution in [3.8, 4) is 5.75 Å². The minimum Gasteiger partial charge on any atom is -0.481 e. The summed E-state index contributed by atoms with van der Waals surface area (Å²) in [6.07, 6.45) is 0.324. The highest BCUT2D eigenvalue weighted by atomic mass is 16.5. The van der Waals surface area contributed by atoms with Crippen LogP contribution in [0.2, 0.25) is 0 Å². The Labute approximate surface area is 119 Å². The van der Waals surface area contributed by atoms with Crippen LogP contribution >= 0.6 is 0 Å². The summed E-state index contributed by atoms with van der Waals surface area (Å²) in [5, 5.41) is 0. The van der Waals surface area contributed by atoms with Crippen LogP contribution in [0.5, 0.6) is 5.75 Å². The number of nitrogens with two attached hydrogens (primary N) is 1. The normalized spacial score (nSPS) is 16.8. The number of rotatable bonds is 5. The zero-order valence-electron chi connectivity index (χ0n) is 11.9. The van der Waals surface area contributed by atoms with Gasteiger partial charge in [0.05, 0.1) is 13.2 Å². The van der Waals surface area contributed by atoms with Crippen molar-refractivity contribution in [3.05, 3.63) is 29.8 Å². The van der Waals surface area contributed by atoms with Crippen LogP contribution in [-0.2, 0) is 16.0 Å². The Morgan fingerprint density at radius 1 is 1.45 bits per heavy atom. The van der Waals surface area contributed by atoms with E-state index in [-0.39, 0.29) is 5.91 Å². The number of amides is 1. The number of nitrogens with zero attached hydrogens (tertiary/aromatic N) is 1. The van der Waals surface area contributed by atoms with E-state index in [0.717, 1.165) is 12.0 Å². The summed E-state index contributed by atoms with van der Waals surface area (Å²) in [7, 11) is 0. The third-order valence-corrected chi connectivity index (χ3v) is 3.31. The van der Waals surface area contributed by atoms with Crippen molar-refractivity contribution in [2.75, 3.05) is 32.8 Å². The topological polar surface area (TPSA) is 64.8 Å². The molecule has 1 atom stereocenters. The molecule has 1 unspecified atom stereocenters. The highest BCUT2D eigenvalue weighted by molar-refractivity contribution is 5.81. The van der Waals surface area contributed by atoms with E-state index in [9.17, 15) is 4.79 Å². The lowest BCUT2D eigenvalue weighted by Crippen LogP contribution is -2.46. The Morgan fingerprint density at radius 2 is 2.20 bits per heavy atom. The third-order valence-electron chi connectivity index (χ3n) is 3.31. The third kappa shape index (κ3) is 3.95. The number of hydrogen-bond donors (Lipinski definition) is 1. The van der Waals surface area contributed by atoms with Gasteiger partial charge in [-0.2, -0.15) is 0 Å². The summed E-state index contributed by atoms with van der Waals surface area (Å²) in [5.74, 6) is 0.725. The van der Waals surface area contributed by atoms with Gasteiger partial charge in [0.1, 0.15) is 5.75 Å². The maximum Gasteiger partial charge on any atom is 0.263 e. The fourth-order valence-electron chi connectivity index (χ4n) is 2.24. The lowest BCUT2D eigenvalue weighted by atomic mass is 10.1. The zero-order valence-corrected chi connectivity index (χ0v) is 11.9. The lowest BCUT2D eigenvalue weighted by molar-refractivity contribution is -0.142. The van der Waals surface area contributed by atoms with Gasteiger partial charge < -0.3 is 20.1 Å². The number of hydrogen-bond acceptors (Lipinski definition) is 4. The molecule has 0 saturated carbocycles. The minimum absolute atomic E-state index is 0.0116. The Balaban J connectivity index is 1.94. The van der Waals surface area contributed by atoms with E-state index in [0.29, 0.717) is 38.6 Å². The summed E-state index contributed by atoms with van der Waals surface area (Å²) in [4.78, 5) is 14.0. The quantitative estimate of drug-likeness (QED) is 0.866. The van der Waals surface area contributed by atoms with Crippen molar-refractivity contribution >= 4 is 5.91 Å². The van der Waals surface area contributed by atoms with Gasteiger partial charge >= 0.3 is 0 Å². The molecule has 1 fully saturated rings. The predicted molar refractivity (Wildman–Crippen MR) is 76.7 cm³/mol. The van der Waals surface area contributed by atoms with Crippen molar-refractivity contribution in [1.82, 2.24) is 4.90 Å². The molecule has 0 aliphatic carbocycles. The molecule has 1 aliphatic rings. The van der Waals surface area contributed by atoms with Crippen molar-refractivity contribution in [3.63, 3.8) is 0 Å². The fraction of sp³-hybridized carbons (Fsp3) is 0.533. The molecule has 1 amide bonds. The number of carbonyl (C=O) groups excluding carboxylic acids is 1. The zero-order chi connectivity index (χ0) is 14.4. The van der Waals surface area contributed by atoms with E-state index in [1.807, 2.05) is 24.3 Å². The van der Waals surface area contributed by atoms with Crippen molar-refractivity contribution < 1.29 is 14.3 Å². The average molecular weight is 278 g/mol. The van der Waals surface area contributed by atoms with Crippen molar-refractivity contribution in [2.45, 2.75) is 19.4 Å². The van der Waals surface area contributed by atoms with Crippen molar-refractivity contribution in [2.24, 2.45) is 5.73 Å². The van der Waals surface area contributed by atoms with Gasteiger partial charge in [0, 0.05) is 13.1 Å². The maximum absolute atomic E-state index is 12.2. The molecule has 110 valence electrons. The first-order chi connectivity index (χ1) is 9.70. The van der Waals surface area contributed by atoms with Crippen LogP contribution in [0.25, 0.3) is 0 Å². The molecule has 0 bridgehead atoms. The molecule has 0 aromatic heterocycles. The molecule has 5 heteroatoms. The molecule has 1 heterocycles. The van der Waals surface area contributed by atoms with Gasteiger partial charge in [-0.25, -0.2) is 0 Å². The van der Waals surface area contributed by atoms with E-state index in [2.05, 4.69) is 0 Å². The summed E-state index contributed by atoms with van der Waals surface area (Å²) in [5.41, 5.74) is 6.67. The van der Waals surface area contributed by atoms with E-state index in [4.69, 9.17) is 15.2 Å². The van der Waals surface area contributed by atoms with E-state index in [1.54, 1.807) is 11.8 Å². The standard InChI is InChI=1S/C15H22N2O3/c1-12(15(18)17-7-9-19-10-8-17)20-14-4-2-3-13(11-14)5-6-16/h2-4,11-12H,5-10,16H2,1H3. The summed E-state index contributed by atoms with van der Waals surface area (Å²) in [6.45, 7) is 4.87. The van der Waals surface area contributed by atoms with Crippen LogP contribution < -0.4 is 10.5 Å². The molecule has 0 spiro atoms. The van der Waals surface area contributed by atoms with Crippen molar-refractivity contribution in [1.29, 1.82) is 0 Å². The second-order valence-corrected chi connectivity index (χ2v) is 4.88. The first-order valence-corrected chi connectivity index (χ1v) is 7.03. The molecule has 2 N–H and O–H groups in total. The molecule has 2 rings (SSSR count). The van der Waals surface area contributed by atoms with E-state index < -0.39 is 6.10 Å². The van der Waals surface area contributed by atoms with E-state index in [1.165, 1.54) is 0 Å². The van der Waals surface area contributed by atoms with Crippen LogP contribution in [-0.4, -0.2) is 49.8 Å². The van der Waals surface area contributed by atoms with Crippen LogP contribution in [0.4, 0.5) is 0 Å². The van der Waals surface area contributed by atoms with E-state index >= 15 is 0 Å². The van der Waals surface area contributed by atoms with Gasteiger partial charge in [0.15, 0.2) is 6.10 Å².